The first-order valence-corrected chi connectivity index (χ1v) is 6.71. The second-order valence-corrected chi connectivity index (χ2v) is 5.04. The van der Waals surface area contributed by atoms with E-state index in [0.29, 0.717) is 5.56 Å². The monoisotopic (exact) mass is 316 g/mol. The molecule has 1 aromatic carbocycles. The highest BCUT2D eigenvalue weighted by molar-refractivity contribution is 6.00. The number of nitro benzene ring substituents is 1. The molecule has 2 heterocycles. The largest absolute Gasteiger partial charge is 0.324 e. The second kappa shape index (κ2) is 5.48. The van der Waals surface area contributed by atoms with E-state index in [9.17, 15) is 19.7 Å². The molecule has 3 rings (SSSR count). The van der Waals surface area contributed by atoms with E-state index in [4.69, 9.17) is 0 Å². The summed E-state index contributed by atoms with van der Waals surface area (Å²) in [7, 11) is 0. The van der Waals surface area contributed by atoms with Crippen molar-refractivity contribution in [3.8, 4) is 0 Å². The number of hydrogen-bond acceptors (Lipinski definition) is 6. The van der Waals surface area contributed by atoms with Crippen LogP contribution in [-0.4, -0.2) is 31.5 Å². The molecule has 118 valence electrons. The van der Waals surface area contributed by atoms with Gasteiger partial charge in [0.1, 0.15) is 12.4 Å². The van der Waals surface area contributed by atoms with Gasteiger partial charge in [-0.2, -0.15) is 10.1 Å². The van der Waals surface area contributed by atoms with Gasteiger partial charge >= 0.3 is 0 Å². The van der Waals surface area contributed by atoms with Crippen LogP contribution >= 0.6 is 0 Å². The van der Waals surface area contributed by atoms with Crippen molar-refractivity contribution in [1.82, 2.24) is 14.8 Å². The molecule has 10 nitrogen and oxygen atoms in total. The van der Waals surface area contributed by atoms with E-state index in [1.54, 1.807) is 19.1 Å². The number of hydrogen-bond donors (Lipinski definition) is 2. The average molecular weight is 316 g/mol. The van der Waals surface area contributed by atoms with Crippen molar-refractivity contribution in [3.63, 3.8) is 0 Å². The van der Waals surface area contributed by atoms with Crippen LogP contribution in [0, 0.1) is 17.0 Å². The minimum atomic E-state index is -0.860. The Bertz CT molecular complexity index is 815. The molecule has 0 saturated carbocycles. The maximum absolute atomic E-state index is 12.4. The third-order valence-electron chi connectivity index (χ3n) is 3.47. The van der Waals surface area contributed by atoms with Crippen LogP contribution in [0.15, 0.2) is 24.5 Å². The zero-order valence-corrected chi connectivity index (χ0v) is 12.0. The maximum atomic E-state index is 12.4. The van der Waals surface area contributed by atoms with Crippen LogP contribution in [0.25, 0.3) is 0 Å². The summed E-state index contributed by atoms with van der Waals surface area (Å²) in [5, 5.41) is 19.9. The lowest BCUT2D eigenvalue weighted by Gasteiger charge is -2.22. The predicted molar refractivity (Wildman–Crippen MR) is 78.8 cm³/mol. The number of anilines is 2. The van der Waals surface area contributed by atoms with E-state index in [0.717, 1.165) is 0 Å². The smallest absolute Gasteiger partial charge is 0.274 e. The normalized spacial score (nSPS) is 16.4. The molecule has 1 aliphatic heterocycles. The van der Waals surface area contributed by atoms with Crippen LogP contribution in [0.3, 0.4) is 0 Å². The highest BCUT2D eigenvalue weighted by atomic mass is 16.6. The van der Waals surface area contributed by atoms with Crippen LogP contribution in [0.2, 0.25) is 0 Å². The van der Waals surface area contributed by atoms with Crippen LogP contribution in [0.5, 0.6) is 0 Å². The topological polar surface area (TPSA) is 132 Å². The summed E-state index contributed by atoms with van der Waals surface area (Å²) >= 11 is 0. The van der Waals surface area contributed by atoms with Crippen molar-refractivity contribution in [2.45, 2.75) is 19.4 Å². The van der Waals surface area contributed by atoms with Crippen LogP contribution in [0.1, 0.15) is 18.0 Å². The first-order valence-electron chi connectivity index (χ1n) is 6.71. The Morgan fingerprint density at radius 2 is 2.30 bits per heavy atom. The van der Waals surface area contributed by atoms with Crippen LogP contribution in [-0.2, 0) is 9.59 Å². The van der Waals surface area contributed by atoms with Gasteiger partial charge in [-0.3, -0.25) is 25.0 Å². The SMILES string of the molecule is Cc1ccc(NC(=O)C2CC(=O)Nc3ncnn32)cc1[N+](=O)[O-]. The summed E-state index contributed by atoms with van der Waals surface area (Å²) < 4.78 is 1.30. The number of nitrogens with zero attached hydrogens (tertiary/aromatic N) is 4. The molecule has 1 aromatic heterocycles. The molecule has 10 heteroatoms. The van der Waals surface area contributed by atoms with Crippen molar-refractivity contribution in [2.75, 3.05) is 10.6 Å². The fourth-order valence-electron chi connectivity index (χ4n) is 2.32. The third kappa shape index (κ3) is 2.73. The summed E-state index contributed by atoms with van der Waals surface area (Å²) in [4.78, 5) is 38.3. The number of fused-ring (bicyclic) bond motifs is 1. The van der Waals surface area contributed by atoms with E-state index in [2.05, 4.69) is 20.7 Å². The summed E-state index contributed by atoms with van der Waals surface area (Å²) in [5.41, 5.74) is 0.675. The maximum Gasteiger partial charge on any atom is 0.274 e. The molecular formula is C13H12N6O4. The fourth-order valence-corrected chi connectivity index (χ4v) is 2.32. The number of aromatic nitrogens is 3. The molecule has 2 N–H and O–H groups in total. The zero-order chi connectivity index (χ0) is 16.6. The van der Waals surface area contributed by atoms with Gasteiger partial charge in [-0.05, 0) is 13.0 Å². The Kier molecular flexibility index (Phi) is 3.48. The molecule has 1 aliphatic rings. The molecule has 1 atom stereocenters. The van der Waals surface area contributed by atoms with E-state index in [-0.39, 0.29) is 29.7 Å². The van der Waals surface area contributed by atoms with Gasteiger partial charge in [0.2, 0.25) is 17.8 Å². The highest BCUT2D eigenvalue weighted by Gasteiger charge is 2.32. The number of carbonyl (C=O) groups excluding carboxylic acids is 2. The summed E-state index contributed by atoms with van der Waals surface area (Å²) in [6.07, 6.45) is 1.15. The van der Waals surface area contributed by atoms with Gasteiger partial charge in [0.25, 0.3) is 5.69 Å². The fraction of sp³-hybridized carbons (Fsp3) is 0.231. The van der Waals surface area contributed by atoms with Crippen molar-refractivity contribution in [2.24, 2.45) is 0 Å². The number of rotatable bonds is 3. The lowest BCUT2D eigenvalue weighted by Crippen LogP contribution is -2.36. The first-order chi connectivity index (χ1) is 11.0. The Hall–Kier alpha value is -3.30. The molecule has 0 spiro atoms. The number of nitrogens with one attached hydrogen (secondary N) is 2. The Balaban J connectivity index is 1.85. The van der Waals surface area contributed by atoms with E-state index in [1.165, 1.54) is 17.1 Å². The van der Waals surface area contributed by atoms with Gasteiger partial charge in [0.05, 0.1) is 11.3 Å². The van der Waals surface area contributed by atoms with E-state index < -0.39 is 16.9 Å². The number of amides is 2. The standard InChI is InChI=1S/C13H12N6O4/c1-7-2-3-8(4-9(7)19(22)23)16-12(21)10-5-11(20)17-13-14-6-15-18(10)13/h2-4,6,10H,5H2,1H3,(H,16,21)(H,14,15,17,20). The van der Waals surface area contributed by atoms with Gasteiger partial charge in [-0.15, -0.1) is 0 Å². The molecule has 2 amide bonds. The number of carbonyl (C=O) groups is 2. The van der Waals surface area contributed by atoms with Gasteiger partial charge < -0.3 is 5.32 Å². The quantitative estimate of drug-likeness (QED) is 0.641. The van der Waals surface area contributed by atoms with E-state index in [1.807, 2.05) is 0 Å². The zero-order valence-electron chi connectivity index (χ0n) is 12.0. The van der Waals surface area contributed by atoms with Gasteiger partial charge in [0, 0.05) is 17.3 Å². The molecule has 0 bridgehead atoms. The molecular weight excluding hydrogens is 304 g/mol. The van der Waals surface area contributed by atoms with E-state index >= 15 is 0 Å². The molecule has 23 heavy (non-hydrogen) atoms. The Morgan fingerprint density at radius 1 is 1.52 bits per heavy atom. The molecule has 0 fully saturated rings. The first kappa shape index (κ1) is 14.6. The van der Waals surface area contributed by atoms with Crippen molar-refractivity contribution < 1.29 is 14.5 Å². The minimum Gasteiger partial charge on any atom is -0.324 e. The lowest BCUT2D eigenvalue weighted by atomic mass is 10.1. The molecule has 2 aromatic rings. The minimum absolute atomic E-state index is 0.0872. The summed E-state index contributed by atoms with van der Waals surface area (Å²) in [6, 6.07) is 3.52. The highest BCUT2D eigenvalue weighted by Crippen LogP contribution is 2.25. The Morgan fingerprint density at radius 3 is 3.04 bits per heavy atom. The number of benzene rings is 1. The number of aryl methyl sites for hydroxylation is 1. The second-order valence-electron chi connectivity index (χ2n) is 5.04. The van der Waals surface area contributed by atoms with Crippen molar-refractivity contribution in [3.05, 3.63) is 40.2 Å². The number of nitro groups is 1. The van der Waals surface area contributed by atoms with Crippen molar-refractivity contribution in [1.29, 1.82) is 0 Å². The molecule has 0 radical (unpaired) electrons. The van der Waals surface area contributed by atoms with Crippen LogP contribution in [0.4, 0.5) is 17.3 Å². The van der Waals surface area contributed by atoms with Crippen LogP contribution < -0.4 is 10.6 Å². The average Bonchev–Trinajstić information content (AvgIpc) is 2.96. The molecule has 1 unspecified atom stereocenters. The third-order valence-corrected chi connectivity index (χ3v) is 3.47. The van der Waals surface area contributed by atoms with Crippen molar-refractivity contribution >= 4 is 29.1 Å². The summed E-state index contributed by atoms with van der Waals surface area (Å²) in [6.45, 7) is 1.61. The van der Waals surface area contributed by atoms with Gasteiger partial charge in [0.15, 0.2) is 0 Å². The molecule has 0 aliphatic carbocycles. The Labute approximate surface area is 129 Å². The molecule has 0 saturated heterocycles. The van der Waals surface area contributed by atoms with Gasteiger partial charge in [-0.25, -0.2) is 4.68 Å². The lowest BCUT2D eigenvalue weighted by molar-refractivity contribution is -0.385. The predicted octanol–water partition coefficient (Wildman–Crippen LogP) is 1.02. The summed E-state index contributed by atoms with van der Waals surface area (Å²) in [5.74, 6) is -0.651. The van der Waals surface area contributed by atoms with Gasteiger partial charge in [-0.1, -0.05) is 6.07 Å².